The molecule has 0 aliphatic rings. The first-order valence-electron chi connectivity index (χ1n) is 7.87. The first-order valence-corrected chi connectivity index (χ1v) is 7.87. The molecule has 6 heteroatoms. The van der Waals surface area contributed by atoms with Crippen LogP contribution in [-0.4, -0.2) is 18.4 Å². The van der Waals surface area contributed by atoms with Gasteiger partial charge in [0.15, 0.2) is 6.61 Å². The van der Waals surface area contributed by atoms with Gasteiger partial charge in [-0.1, -0.05) is 42.5 Å². The Bertz CT molecular complexity index is 1010. The number of ether oxygens (including phenoxy) is 1. The van der Waals surface area contributed by atoms with Crippen LogP contribution in [0.1, 0.15) is 15.9 Å². The zero-order valence-electron chi connectivity index (χ0n) is 13.7. The Balaban J connectivity index is 1.55. The van der Waals surface area contributed by atoms with E-state index in [0.717, 1.165) is 10.8 Å². The maximum Gasteiger partial charge on any atom is 0.276 e. The minimum absolute atomic E-state index is 0.311. The third kappa shape index (κ3) is 3.97. The summed E-state index contributed by atoms with van der Waals surface area (Å²) in [6.07, 6.45) is 0. The molecule has 2 amide bonds. The summed E-state index contributed by atoms with van der Waals surface area (Å²) in [7, 11) is 0. The number of hydrogen-bond acceptors (Lipinski definition) is 4. The highest BCUT2D eigenvalue weighted by Crippen LogP contribution is 2.16. The largest absolute Gasteiger partial charge is 0.482 e. The lowest BCUT2D eigenvalue weighted by Gasteiger charge is -2.10. The van der Waals surface area contributed by atoms with Crippen LogP contribution in [0, 0.1) is 11.3 Å². The van der Waals surface area contributed by atoms with Gasteiger partial charge in [0.05, 0.1) is 5.56 Å². The summed E-state index contributed by atoms with van der Waals surface area (Å²) in [6, 6.07) is 21.5. The van der Waals surface area contributed by atoms with Gasteiger partial charge in [0.2, 0.25) is 0 Å². The van der Waals surface area contributed by atoms with Crippen LogP contribution in [0.2, 0.25) is 0 Å². The highest BCUT2D eigenvalue weighted by Gasteiger charge is 2.09. The van der Waals surface area contributed by atoms with Gasteiger partial charge in [0.1, 0.15) is 11.8 Å². The maximum absolute atomic E-state index is 12.2. The molecule has 0 heterocycles. The molecule has 0 aliphatic carbocycles. The molecule has 6 nitrogen and oxygen atoms in total. The van der Waals surface area contributed by atoms with Crippen LogP contribution >= 0.6 is 0 Å². The molecule has 3 aromatic rings. The summed E-state index contributed by atoms with van der Waals surface area (Å²) in [4.78, 5) is 24.0. The molecule has 0 saturated heterocycles. The molecule has 0 unspecified atom stereocenters. The Labute approximate surface area is 150 Å². The number of rotatable bonds is 4. The average Bonchev–Trinajstić information content (AvgIpc) is 2.70. The van der Waals surface area contributed by atoms with E-state index < -0.39 is 11.8 Å². The number of hydrazine groups is 1. The lowest BCUT2D eigenvalue weighted by Crippen LogP contribution is -2.43. The molecule has 0 atom stereocenters. The fourth-order valence-electron chi connectivity index (χ4n) is 2.39. The van der Waals surface area contributed by atoms with Crippen molar-refractivity contribution in [2.75, 3.05) is 6.61 Å². The highest BCUT2D eigenvalue weighted by atomic mass is 16.5. The SMILES string of the molecule is N#Cc1ccccc1OCC(=O)NNC(=O)c1ccc2ccccc2c1. The topological polar surface area (TPSA) is 91.2 Å². The third-order valence-electron chi connectivity index (χ3n) is 3.69. The van der Waals surface area contributed by atoms with Gasteiger partial charge in [0.25, 0.3) is 11.8 Å². The quantitative estimate of drug-likeness (QED) is 0.711. The van der Waals surface area contributed by atoms with Crippen molar-refractivity contribution in [3.63, 3.8) is 0 Å². The van der Waals surface area contributed by atoms with E-state index in [1.807, 2.05) is 36.4 Å². The van der Waals surface area contributed by atoms with Crippen LogP contribution in [0.4, 0.5) is 0 Å². The van der Waals surface area contributed by atoms with E-state index in [0.29, 0.717) is 16.9 Å². The van der Waals surface area contributed by atoms with E-state index in [9.17, 15) is 9.59 Å². The number of fused-ring (bicyclic) bond motifs is 1. The van der Waals surface area contributed by atoms with Crippen LogP contribution in [0.5, 0.6) is 5.75 Å². The molecule has 0 aliphatic heterocycles. The van der Waals surface area contributed by atoms with Crippen LogP contribution < -0.4 is 15.6 Å². The van der Waals surface area contributed by atoms with Crippen molar-refractivity contribution in [1.82, 2.24) is 10.9 Å². The normalized spacial score (nSPS) is 9.96. The van der Waals surface area contributed by atoms with Crippen LogP contribution in [0.3, 0.4) is 0 Å². The summed E-state index contributed by atoms with van der Waals surface area (Å²) in [5.41, 5.74) is 5.40. The van der Waals surface area contributed by atoms with E-state index in [1.165, 1.54) is 0 Å². The van der Waals surface area contributed by atoms with Gasteiger partial charge in [-0.2, -0.15) is 5.26 Å². The molecule has 26 heavy (non-hydrogen) atoms. The smallest absolute Gasteiger partial charge is 0.276 e. The summed E-state index contributed by atoms with van der Waals surface area (Å²) in [6.45, 7) is -0.323. The van der Waals surface area contributed by atoms with Crippen LogP contribution in [0.25, 0.3) is 10.8 Å². The molecule has 0 aromatic heterocycles. The number of amides is 2. The van der Waals surface area contributed by atoms with E-state index in [4.69, 9.17) is 10.00 Å². The maximum atomic E-state index is 12.2. The van der Waals surface area contributed by atoms with Crippen molar-refractivity contribution in [3.8, 4) is 11.8 Å². The van der Waals surface area contributed by atoms with Gasteiger partial charge in [0, 0.05) is 5.56 Å². The number of nitrogens with one attached hydrogen (secondary N) is 2. The molecule has 0 fully saturated rings. The number of carbonyl (C=O) groups excluding carboxylic acids is 2. The fourth-order valence-corrected chi connectivity index (χ4v) is 2.39. The number of hydrogen-bond donors (Lipinski definition) is 2. The summed E-state index contributed by atoms with van der Waals surface area (Å²) in [5, 5.41) is 10.9. The predicted molar refractivity (Wildman–Crippen MR) is 96.2 cm³/mol. The minimum Gasteiger partial charge on any atom is -0.482 e. The zero-order valence-corrected chi connectivity index (χ0v) is 13.7. The summed E-state index contributed by atoms with van der Waals surface area (Å²) < 4.78 is 5.30. The van der Waals surface area contributed by atoms with Crippen molar-refractivity contribution in [3.05, 3.63) is 77.9 Å². The fraction of sp³-hybridized carbons (Fsp3) is 0.0500. The Morgan fingerprint density at radius 1 is 0.923 bits per heavy atom. The molecule has 0 spiro atoms. The van der Waals surface area contributed by atoms with Gasteiger partial charge in [-0.3, -0.25) is 20.4 Å². The van der Waals surface area contributed by atoms with Crippen molar-refractivity contribution >= 4 is 22.6 Å². The van der Waals surface area contributed by atoms with Crippen LogP contribution in [0.15, 0.2) is 66.7 Å². The second-order valence-corrected chi connectivity index (χ2v) is 5.46. The number of para-hydroxylation sites is 1. The Hall–Kier alpha value is -3.85. The average molecular weight is 345 g/mol. The van der Waals surface area contributed by atoms with Gasteiger partial charge >= 0.3 is 0 Å². The number of nitriles is 1. The Morgan fingerprint density at radius 2 is 1.65 bits per heavy atom. The Morgan fingerprint density at radius 3 is 2.46 bits per heavy atom. The molecule has 3 aromatic carbocycles. The van der Waals surface area contributed by atoms with Crippen molar-refractivity contribution < 1.29 is 14.3 Å². The number of carbonyl (C=O) groups is 2. The molecular weight excluding hydrogens is 330 g/mol. The third-order valence-corrected chi connectivity index (χ3v) is 3.69. The van der Waals surface area contributed by atoms with E-state index in [2.05, 4.69) is 10.9 Å². The molecule has 0 radical (unpaired) electrons. The molecule has 2 N–H and O–H groups in total. The molecule has 128 valence electrons. The van der Waals surface area contributed by atoms with E-state index in [1.54, 1.807) is 36.4 Å². The monoisotopic (exact) mass is 345 g/mol. The second-order valence-electron chi connectivity index (χ2n) is 5.46. The highest BCUT2D eigenvalue weighted by molar-refractivity contribution is 5.99. The van der Waals surface area contributed by atoms with Gasteiger partial charge in [-0.05, 0) is 35.0 Å². The van der Waals surface area contributed by atoms with Crippen molar-refractivity contribution in [1.29, 1.82) is 5.26 Å². The standard InChI is InChI=1S/C20H15N3O3/c21-12-17-7-3-4-8-18(17)26-13-19(24)22-23-20(25)16-10-9-14-5-1-2-6-15(14)11-16/h1-11H,13H2,(H,22,24)(H,23,25). The molecule has 0 bridgehead atoms. The van der Waals surface area contributed by atoms with Crippen molar-refractivity contribution in [2.45, 2.75) is 0 Å². The van der Waals surface area contributed by atoms with Crippen LogP contribution in [-0.2, 0) is 4.79 Å². The number of benzene rings is 3. The van der Waals surface area contributed by atoms with E-state index in [-0.39, 0.29) is 6.61 Å². The van der Waals surface area contributed by atoms with Gasteiger partial charge < -0.3 is 4.74 Å². The lowest BCUT2D eigenvalue weighted by atomic mass is 10.1. The van der Waals surface area contributed by atoms with Gasteiger partial charge in [-0.25, -0.2) is 0 Å². The Kier molecular flexibility index (Phi) is 5.11. The second kappa shape index (κ2) is 7.81. The first-order chi connectivity index (χ1) is 12.7. The number of nitrogens with zero attached hydrogens (tertiary/aromatic N) is 1. The first kappa shape index (κ1) is 17.0. The zero-order chi connectivity index (χ0) is 18.4. The lowest BCUT2D eigenvalue weighted by molar-refractivity contribution is -0.123. The summed E-state index contributed by atoms with van der Waals surface area (Å²) >= 11 is 0. The van der Waals surface area contributed by atoms with Crippen molar-refractivity contribution in [2.24, 2.45) is 0 Å². The molecule has 0 saturated carbocycles. The van der Waals surface area contributed by atoms with E-state index >= 15 is 0 Å². The predicted octanol–water partition coefficient (Wildman–Crippen LogP) is 2.55. The minimum atomic E-state index is -0.535. The summed E-state index contributed by atoms with van der Waals surface area (Å²) in [5.74, 6) is -0.653. The van der Waals surface area contributed by atoms with Gasteiger partial charge in [-0.15, -0.1) is 0 Å². The molecular formula is C20H15N3O3. The molecule has 3 rings (SSSR count).